The van der Waals surface area contributed by atoms with Crippen LogP contribution in [0.15, 0.2) is 16.4 Å². The summed E-state index contributed by atoms with van der Waals surface area (Å²) in [4.78, 5) is 49.9. The van der Waals surface area contributed by atoms with Gasteiger partial charge in [-0.2, -0.15) is 0 Å². The Bertz CT molecular complexity index is 1000. The maximum Gasteiger partial charge on any atom is 0.352 e. The molecule has 1 unspecified atom stereocenters. The molecule has 2 aliphatic rings. The van der Waals surface area contributed by atoms with Gasteiger partial charge in [-0.1, -0.05) is 11.8 Å². The third-order valence-corrected chi connectivity index (χ3v) is 8.30. The Morgan fingerprint density at radius 1 is 1.42 bits per heavy atom. The number of amides is 3. The standard InChI is InChI=1S/C17H23N7O6S3/c1-8(25)18-9(2)31-7-11(26)19-17(30-4)14(29)24-12(13(27)28)10(5-32-15(17)24)6-33-16-20-21-22-23(16)3/h9,15H,5-7H2,1-4H3,(H,18,25)(H,19,26)(H,27,28)/t9?,15-,17+/m1/s1. The molecule has 0 bridgehead atoms. The number of aryl methyl sites for hydroxylation is 1. The van der Waals surface area contributed by atoms with E-state index in [2.05, 4.69) is 26.2 Å². The third-order valence-electron chi connectivity index (χ3n) is 4.79. The number of aliphatic carboxylic acids is 1. The van der Waals surface area contributed by atoms with Gasteiger partial charge in [0.2, 0.25) is 17.0 Å². The van der Waals surface area contributed by atoms with E-state index in [-0.39, 0.29) is 28.5 Å². The highest BCUT2D eigenvalue weighted by Crippen LogP contribution is 2.47. The van der Waals surface area contributed by atoms with Crippen molar-refractivity contribution in [3.05, 3.63) is 11.3 Å². The molecule has 0 aromatic carbocycles. The predicted octanol–water partition coefficient (Wildman–Crippen LogP) is -0.770. The summed E-state index contributed by atoms with van der Waals surface area (Å²) < 4.78 is 6.89. The van der Waals surface area contributed by atoms with Crippen LogP contribution in [0.4, 0.5) is 0 Å². The van der Waals surface area contributed by atoms with Crippen molar-refractivity contribution >= 4 is 59.0 Å². The van der Waals surface area contributed by atoms with Crippen molar-refractivity contribution in [1.29, 1.82) is 0 Å². The van der Waals surface area contributed by atoms with Gasteiger partial charge in [-0.25, -0.2) is 9.48 Å². The number of hydrogen-bond acceptors (Lipinski definition) is 11. The van der Waals surface area contributed by atoms with Crippen molar-refractivity contribution in [2.75, 3.05) is 24.4 Å². The molecule has 0 spiro atoms. The first-order valence-corrected chi connectivity index (χ1v) is 12.7. The van der Waals surface area contributed by atoms with E-state index in [0.717, 1.165) is 4.90 Å². The van der Waals surface area contributed by atoms with Gasteiger partial charge in [0.15, 0.2) is 0 Å². The largest absolute Gasteiger partial charge is 0.477 e. The van der Waals surface area contributed by atoms with Gasteiger partial charge in [-0.3, -0.25) is 19.3 Å². The van der Waals surface area contributed by atoms with Gasteiger partial charge in [-0.15, -0.1) is 28.6 Å². The summed E-state index contributed by atoms with van der Waals surface area (Å²) in [5.74, 6) is -2.00. The number of carboxylic acid groups (broad SMARTS) is 1. The van der Waals surface area contributed by atoms with Gasteiger partial charge in [0.05, 0.1) is 11.1 Å². The summed E-state index contributed by atoms with van der Waals surface area (Å²) in [6, 6.07) is 0. The molecule has 3 amide bonds. The normalized spacial score (nSPS) is 23.0. The number of carbonyl (C=O) groups is 4. The fourth-order valence-electron chi connectivity index (χ4n) is 3.32. The first-order valence-electron chi connectivity index (χ1n) is 9.61. The average molecular weight is 518 g/mol. The van der Waals surface area contributed by atoms with E-state index in [1.807, 2.05) is 0 Å². The Balaban J connectivity index is 1.71. The third kappa shape index (κ3) is 5.12. The van der Waals surface area contributed by atoms with Crippen LogP contribution >= 0.6 is 35.3 Å². The maximum absolute atomic E-state index is 13.1. The molecule has 1 fully saturated rings. The Labute approximate surface area is 201 Å². The number of tetrazole rings is 1. The van der Waals surface area contributed by atoms with Crippen molar-refractivity contribution in [2.24, 2.45) is 7.05 Å². The number of nitrogens with zero attached hydrogens (tertiary/aromatic N) is 5. The van der Waals surface area contributed by atoms with E-state index in [9.17, 15) is 24.3 Å². The van der Waals surface area contributed by atoms with Crippen LogP contribution in [0.25, 0.3) is 0 Å². The number of hydrogen-bond donors (Lipinski definition) is 3. The zero-order valence-corrected chi connectivity index (χ0v) is 20.7. The van der Waals surface area contributed by atoms with Crippen molar-refractivity contribution in [2.45, 2.75) is 35.5 Å². The molecule has 0 aliphatic carbocycles. The lowest BCUT2D eigenvalue weighted by Gasteiger charge is -2.55. The van der Waals surface area contributed by atoms with E-state index in [1.165, 1.54) is 54.0 Å². The average Bonchev–Trinajstić information content (AvgIpc) is 3.17. The second-order valence-electron chi connectivity index (χ2n) is 7.11. The number of β-lactam (4-membered cyclic amide) rings is 1. The molecule has 16 heteroatoms. The van der Waals surface area contributed by atoms with Gasteiger partial charge < -0.3 is 20.5 Å². The molecule has 13 nitrogen and oxygen atoms in total. The molecule has 0 radical (unpaired) electrons. The number of carbonyl (C=O) groups excluding carboxylic acids is 3. The lowest BCUT2D eigenvalue weighted by Crippen LogP contribution is -2.80. The van der Waals surface area contributed by atoms with Gasteiger partial charge in [0.25, 0.3) is 11.6 Å². The number of fused-ring (bicyclic) bond motifs is 1. The molecule has 1 aromatic heterocycles. The van der Waals surface area contributed by atoms with Crippen LogP contribution in [0.1, 0.15) is 13.8 Å². The summed E-state index contributed by atoms with van der Waals surface area (Å²) in [5, 5.41) is 25.7. The van der Waals surface area contributed by atoms with Crippen LogP contribution in [-0.2, 0) is 31.0 Å². The number of methoxy groups -OCH3 is 1. The number of nitrogens with one attached hydrogen (secondary N) is 2. The molecule has 2 aliphatic heterocycles. The highest BCUT2D eigenvalue weighted by Gasteiger charge is 2.66. The Morgan fingerprint density at radius 2 is 2.15 bits per heavy atom. The number of ether oxygens (including phenoxy) is 1. The van der Waals surface area contributed by atoms with Crippen LogP contribution in [0.2, 0.25) is 0 Å². The van der Waals surface area contributed by atoms with Gasteiger partial charge in [-0.05, 0) is 22.9 Å². The van der Waals surface area contributed by atoms with Crippen LogP contribution in [0.3, 0.4) is 0 Å². The maximum atomic E-state index is 13.1. The molecule has 33 heavy (non-hydrogen) atoms. The minimum atomic E-state index is -1.66. The Morgan fingerprint density at radius 3 is 2.73 bits per heavy atom. The first-order chi connectivity index (χ1) is 15.6. The number of aromatic nitrogens is 4. The first kappa shape index (κ1) is 25.3. The molecule has 0 saturated carbocycles. The monoisotopic (exact) mass is 517 g/mol. The zero-order valence-electron chi connectivity index (χ0n) is 18.2. The van der Waals surface area contributed by atoms with Crippen LogP contribution < -0.4 is 10.6 Å². The number of thioether (sulfide) groups is 3. The van der Waals surface area contributed by atoms with E-state index >= 15 is 0 Å². The molecule has 3 atom stereocenters. The van der Waals surface area contributed by atoms with Crippen molar-refractivity contribution in [3.8, 4) is 0 Å². The molecule has 3 rings (SSSR count). The summed E-state index contributed by atoms with van der Waals surface area (Å²) >= 11 is 3.75. The summed E-state index contributed by atoms with van der Waals surface area (Å²) in [5.41, 5.74) is -1.24. The van der Waals surface area contributed by atoms with E-state index < -0.39 is 28.9 Å². The minimum absolute atomic E-state index is 0.0214. The van der Waals surface area contributed by atoms with E-state index in [4.69, 9.17) is 4.74 Å². The van der Waals surface area contributed by atoms with Gasteiger partial charge in [0.1, 0.15) is 11.1 Å². The second-order valence-corrected chi connectivity index (χ2v) is 10.5. The molecule has 3 heterocycles. The Hall–Kier alpha value is -2.30. The quantitative estimate of drug-likeness (QED) is 0.202. The van der Waals surface area contributed by atoms with Crippen molar-refractivity contribution in [1.82, 2.24) is 35.7 Å². The molecular weight excluding hydrogens is 494 g/mol. The topological polar surface area (TPSA) is 169 Å². The number of carboxylic acids is 1. The lowest BCUT2D eigenvalue weighted by molar-refractivity contribution is -0.192. The van der Waals surface area contributed by atoms with Crippen LogP contribution in [0.5, 0.6) is 0 Å². The number of rotatable bonds is 10. The van der Waals surface area contributed by atoms with Crippen LogP contribution in [-0.4, -0.2) is 94.7 Å². The lowest BCUT2D eigenvalue weighted by atomic mass is 9.98. The molecule has 180 valence electrons. The van der Waals surface area contributed by atoms with Crippen molar-refractivity contribution < 1.29 is 29.0 Å². The van der Waals surface area contributed by atoms with Crippen molar-refractivity contribution in [3.63, 3.8) is 0 Å². The summed E-state index contributed by atoms with van der Waals surface area (Å²) in [6.07, 6.45) is 0. The smallest absolute Gasteiger partial charge is 0.352 e. The fraction of sp³-hybridized carbons (Fsp3) is 0.588. The molecular formula is C17H23N7O6S3. The second kappa shape index (κ2) is 10.3. The Kier molecular flexibility index (Phi) is 7.92. The minimum Gasteiger partial charge on any atom is -0.477 e. The highest BCUT2D eigenvalue weighted by atomic mass is 32.2. The summed E-state index contributed by atoms with van der Waals surface area (Å²) in [6.45, 7) is 3.11. The SMILES string of the molecule is CO[C@@]1(NC(=O)CSC(C)NC(C)=O)C(=O)N2C(C(=O)O)=C(CSc3nnnn3C)CS[C@@H]21. The highest BCUT2D eigenvalue weighted by molar-refractivity contribution is 8.01. The molecule has 3 N–H and O–H groups in total. The molecule has 1 aromatic rings. The fourth-order valence-corrected chi connectivity index (χ4v) is 6.47. The van der Waals surface area contributed by atoms with Gasteiger partial charge >= 0.3 is 5.97 Å². The van der Waals surface area contributed by atoms with E-state index in [1.54, 1.807) is 14.0 Å². The predicted molar refractivity (Wildman–Crippen MR) is 121 cm³/mol. The molecule has 1 saturated heterocycles. The summed E-state index contributed by atoms with van der Waals surface area (Å²) in [7, 11) is 2.96. The van der Waals surface area contributed by atoms with Crippen LogP contribution in [0, 0.1) is 0 Å². The van der Waals surface area contributed by atoms with E-state index in [0.29, 0.717) is 16.5 Å². The van der Waals surface area contributed by atoms with Gasteiger partial charge in [0, 0.05) is 32.6 Å². The zero-order chi connectivity index (χ0) is 24.3.